The topological polar surface area (TPSA) is 44.7 Å². The SMILES string of the molecule is CCN1CCC/C1=N/C(=O)Nc1cccc(Cl)c1. The molecule has 1 aliphatic rings. The van der Waals surface area contributed by atoms with E-state index in [1.165, 1.54) is 0 Å². The van der Waals surface area contributed by atoms with Crippen LogP contribution in [0.4, 0.5) is 10.5 Å². The summed E-state index contributed by atoms with van der Waals surface area (Å²) in [5, 5.41) is 3.31. The lowest BCUT2D eigenvalue weighted by Crippen LogP contribution is -2.26. The second-order valence-electron chi connectivity index (χ2n) is 4.15. The molecule has 18 heavy (non-hydrogen) atoms. The van der Waals surface area contributed by atoms with Gasteiger partial charge in [-0.3, -0.25) is 0 Å². The second-order valence-corrected chi connectivity index (χ2v) is 4.59. The van der Waals surface area contributed by atoms with E-state index in [2.05, 4.69) is 22.1 Å². The quantitative estimate of drug-likeness (QED) is 0.891. The summed E-state index contributed by atoms with van der Waals surface area (Å²) in [5.74, 6) is 0.872. The van der Waals surface area contributed by atoms with Gasteiger partial charge in [0.25, 0.3) is 0 Å². The second kappa shape index (κ2) is 5.87. The van der Waals surface area contributed by atoms with Crippen molar-refractivity contribution in [2.45, 2.75) is 19.8 Å². The smallest absolute Gasteiger partial charge is 0.347 e. The van der Waals surface area contributed by atoms with E-state index in [1.807, 2.05) is 0 Å². The Bertz CT molecular complexity index is 473. The van der Waals surface area contributed by atoms with Gasteiger partial charge in [0.15, 0.2) is 0 Å². The lowest BCUT2D eigenvalue weighted by molar-refractivity contribution is 0.259. The molecule has 0 aliphatic carbocycles. The van der Waals surface area contributed by atoms with Crippen molar-refractivity contribution in [3.63, 3.8) is 0 Å². The molecular formula is C13H16ClN3O. The van der Waals surface area contributed by atoms with Crippen LogP contribution in [-0.4, -0.2) is 29.9 Å². The number of urea groups is 1. The summed E-state index contributed by atoms with van der Waals surface area (Å²) in [6, 6.07) is 6.70. The number of likely N-dealkylation sites (tertiary alicyclic amines) is 1. The lowest BCUT2D eigenvalue weighted by Gasteiger charge is -2.15. The summed E-state index contributed by atoms with van der Waals surface area (Å²) < 4.78 is 0. The van der Waals surface area contributed by atoms with Crippen LogP contribution in [0.25, 0.3) is 0 Å². The first kappa shape index (κ1) is 12.9. The lowest BCUT2D eigenvalue weighted by atomic mass is 10.3. The molecule has 0 aromatic heterocycles. The number of amides is 2. The van der Waals surface area contributed by atoms with Crippen molar-refractivity contribution in [1.82, 2.24) is 4.90 Å². The summed E-state index contributed by atoms with van der Waals surface area (Å²) in [7, 11) is 0. The van der Waals surface area contributed by atoms with Crippen LogP contribution in [0.15, 0.2) is 29.3 Å². The molecule has 0 bridgehead atoms. The average Bonchev–Trinajstić information content (AvgIpc) is 2.76. The molecule has 2 rings (SSSR count). The van der Waals surface area contributed by atoms with Crippen molar-refractivity contribution in [1.29, 1.82) is 0 Å². The number of hydrogen-bond acceptors (Lipinski definition) is 1. The Morgan fingerprint density at radius 2 is 2.39 bits per heavy atom. The summed E-state index contributed by atoms with van der Waals surface area (Å²) in [6.45, 7) is 3.94. The molecule has 0 unspecified atom stereocenters. The van der Waals surface area contributed by atoms with Crippen LogP contribution in [0, 0.1) is 0 Å². The normalized spacial score (nSPS) is 17.2. The highest BCUT2D eigenvalue weighted by Crippen LogP contribution is 2.16. The zero-order valence-electron chi connectivity index (χ0n) is 10.3. The maximum atomic E-state index is 11.8. The van der Waals surface area contributed by atoms with Crippen LogP contribution < -0.4 is 5.32 Å². The number of benzene rings is 1. The Kier molecular flexibility index (Phi) is 4.20. The molecule has 0 radical (unpaired) electrons. The number of hydrogen-bond donors (Lipinski definition) is 1. The van der Waals surface area contributed by atoms with Crippen molar-refractivity contribution < 1.29 is 4.79 Å². The zero-order valence-corrected chi connectivity index (χ0v) is 11.1. The molecule has 2 amide bonds. The largest absolute Gasteiger partial charge is 0.360 e. The minimum atomic E-state index is -0.340. The Labute approximate surface area is 112 Å². The molecule has 0 atom stereocenters. The van der Waals surface area contributed by atoms with Gasteiger partial charge in [0.1, 0.15) is 5.84 Å². The van der Waals surface area contributed by atoms with Crippen molar-refractivity contribution in [3.05, 3.63) is 29.3 Å². The van der Waals surface area contributed by atoms with Gasteiger partial charge in [-0.05, 0) is 31.5 Å². The van der Waals surface area contributed by atoms with E-state index in [0.717, 1.165) is 31.8 Å². The monoisotopic (exact) mass is 265 g/mol. The first-order chi connectivity index (χ1) is 8.69. The van der Waals surface area contributed by atoms with Crippen LogP contribution in [0.3, 0.4) is 0 Å². The molecule has 96 valence electrons. The van der Waals surface area contributed by atoms with E-state index >= 15 is 0 Å². The Hall–Kier alpha value is -1.55. The molecule has 1 fully saturated rings. The molecule has 0 spiro atoms. The number of nitrogens with zero attached hydrogens (tertiary/aromatic N) is 2. The van der Waals surface area contributed by atoms with E-state index in [-0.39, 0.29) is 6.03 Å². The number of amidine groups is 1. The molecular weight excluding hydrogens is 250 g/mol. The fourth-order valence-corrected chi connectivity index (χ4v) is 2.21. The van der Waals surface area contributed by atoms with E-state index in [1.54, 1.807) is 24.3 Å². The number of carbonyl (C=O) groups is 1. The van der Waals surface area contributed by atoms with Gasteiger partial charge in [-0.25, -0.2) is 4.79 Å². The van der Waals surface area contributed by atoms with Crippen molar-refractivity contribution >= 4 is 29.2 Å². The molecule has 0 saturated carbocycles. The number of aliphatic imine (C=N–C) groups is 1. The van der Waals surface area contributed by atoms with Gasteiger partial charge in [-0.1, -0.05) is 17.7 Å². The van der Waals surface area contributed by atoms with E-state index < -0.39 is 0 Å². The van der Waals surface area contributed by atoms with Crippen LogP contribution in [0.5, 0.6) is 0 Å². The van der Waals surface area contributed by atoms with Gasteiger partial charge in [0.05, 0.1) is 0 Å². The summed E-state index contributed by atoms with van der Waals surface area (Å²) in [6.07, 6.45) is 1.94. The van der Waals surface area contributed by atoms with E-state index in [4.69, 9.17) is 11.6 Å². The first-order valence-electron chi connectivity index (χ1n) is 6.08. The maximum Gasteiger partial charge on any atom is 0.347 e. The van der Waals surface area contributed by atoms with E-state index in [9.17, 15) is 4.79 Å². The molecule has 1 N–H and O–H groups in total. The highest BCUT2D eigenvalue weighted by Gasteiger charge is 2.17. The predicted molar refractivity (Wildman–Crippen MR) is 74.4 cm³/mol. The highest BCUT2D eigenvalue weighted by atomic mass is 35.5. The number of rotatable bonds is 2. The fraction of sp³-hybridized carbons (Fsp3) is 0.385. The highest BCUT2D eigenvalue weighted by molar-refractivity contribution is 6.30. The van der Waals surface area contributed by atoms with Gasteiger partial charge in [-0.15, -0.1) is 0 Å². The number of anilines is 1. The van der Waals surface area contributed by atoms with Gasteiger partial charge in [0, 0.05) is 30.2 Å². The number of carbonyl (C=O) groups excluding carboxylic acids is 1. The Balaban J connectivity index is 2.02. The summed E-state index contributed by atoms with van der Waals surface area (Å²) in [4.78, 5) is 18.0. The molecule has 1 aromatic rings. The van der Waals surface area contributed by atoms with Gasteiger partial charge in [-0.2, -0.15) is 4.99 Å². The maximum absolute atomic E-state index is 11.8. The minimum Gasteiger partial charge on any atom is -0.360 e. The number of nitrogens with one attached hydrogen (secondary N) is 1. The van der Waals surface area contributed by atoms with Crippen LogP contribution in [0.1, 0.15) is 19.8 Å². The Morgan fingerprint density at radius 3 is 3.11 bits per heavy atom. The minimum absolute atomic E-state index is 0.340. The fourth-order valence-electron chi connectivity index (χ4n) is 2.02. The van der Waals surface area contributed by atoms with Gasteiger partial charge in [0.2, 0.25) is 0 Å². The van der Waals surface area contributed by atoms with Crippen molar-refractivity contribution in [3.8, 4) is 0 Å². The molecule has 1 aromatic carbocycles. The predicted octanol–water partition coefficient (Wildman–Crippen LogP) is 3.39. The Morgan fingerprint density at radius 1 is 1.56 bits per heavy atom. The van der Waals surface area contributed by atoms with Gasteiger partial charge >= 0.3 is 6.03 Å². The molecule has 1 aliphatic heterocycles. The molecule has 5 heteroatoms. The first-order valence-corrected chi connectivity index (χ1v) is 6.46. The van der Waals surface area contributed by atoms with Crippen molar-refractivity contribution in [2.75, 3.05) is 18.4 Å². The third kappa shape index (κ3) is 3.23. The van der Waals surface area contributed by atoms with Gasteiger partial charge < -0.3 is 10.2 Å². The average molecular weight is 266 g/mol. The summed E-state index contributed by atoms with van der Waals surface area (Å²) in [5.41, 5.74) is 0.665. The van der Waals surface area contributed by atoms with Crippen molar-refractivity contribution in [2.24, 2.45) is 4.99 Å². The third-order valence-electron chi connectivity index (χ3n) is 2.88. The van der Waals surface area contributed by atoms with Crippen LogP contribution in [-0.2, 0) is 0 Å². The standard InChI is InChI=1S/C13H16ClN3O/c1-2-17-8-4-7-12(17)16-13(18)15-11-6-3-5-10(14)9-11/h3,5-6,9H,2,4,7-8H2,1H3,(H,15,18)/b16-12-. The number of halogens is 1. The van der Waals surface area contributed by atoms with Crippen LogP contribution >= 0.6 is 11.6 Å². The summed E-state index contributed by atoms with van der Waals surface area (Å²) >= 11 is 5.85. The third-order valence-corrected chi connectivity index (χ3v) is 3.12. The van der Waals surface area contributed by atoms with E-state index in [0.29, 0.717) is 10.7 Å². The molecule has 4 nitrogen and oxygen atoms in total. The molecule has 1 heterocycles. The van der Waals surface area contributed by atoms with Crippen LogP contribution in [0.2, 0.25) is 5.02 Å². The molecule has 1 saturated heterocycles. The zero-order chi connectivity index (χ0) is 13.0.